The first-order valence-electron chi connectivity index (χ1n) is 4.16. The summed E-state index contributed by atoms with van der Waals surface area (Å²) < 4.78 is 22.6. The topological polar surface area (TPSA) is 65.0 Å². The number of rotatable bonds is 8. The molecular weight excluding hydrogens is 225 g/mol. The summed E-state index contributed by atoms with van der Waals surface area (Å²) in [6.07, 6.45) is -0.115. The van der Waals surface area contributed by atoms with Crippen molar-refractivity contribution in [3.63, 3.8) is 0 Å². The second kappa shape index (κ2) is 7.29. The maximum Gasteiger partial charge on any atom is 0.329 e. The SMILES string of the molecule is CCOC(CC(C)(C)SN=O)OP=O. The van der Waals surface area contributed by atoms with Crippen LogP contribution in [0.25, 0.3) is 0 Å². The lowest BCUT2D eigenvalue weighted by molar-refractivity contribution is -0.0766. The third-order valence-electron chi connectivity index (χ3n) is 1.46. The van der Waals surface area contributed by atoms with Crippen LogP contribution in [0, 0.1) is 4.91 Å². The van der Waals surface area contributed by atoms with Crippen LogP contribution in [0.5, 0.6) is 0 Å². The maximum atomic E-state index is 10.2. The molecule has 0 saturated carbocycles. The van der Waals surface area contributed by atoms with Crippen LogP contribution in [0.15, 0.2) is 4.58 Å². The van der Waals surface area contributed by atoms with Crippen molar-refractivity contribution in [2.45, 2.75) is 38.2 Å². The molecular formula is C7H14NO4PS. The average molecular weight is 239 g/mol. The zero-order valence-corrected chi connectivity index (χ0v) is 10.1. The Morgan fingerprint density at radius 2 is 2.21 bits per heavy atom. The molecule has 0 aromatic heterocycles. The summed E-state index contributed by atoms with van der Waals surface area (Å²) in [6.45, 7) is 5.97. The van der Waals surface area contributed by atoms with E-state index < -0.39 is 15.0 Å². The van der Waals surface area contributed by atoms with Gasteiger partial charge in [0.25, 0.3) is 0 Å². The van der Waals surface area contributed by atoms with E-state index in [1.54, 1.807) is 0 Å². The first kappa shape index (κ1) is 14.0. The van der Waals surface area contributed by atoms with Gasteiger partial charge in [-0.3, -0.25) is 4.52 Å². The van der Waals surface area contributed by atoms with E-state index in [-0.39, 0.29) is 4.75 Å². The fourth-order valence-electron chi connectivity index (χ4n) is 0.900. The van der Waals surface area contributed by atoms with Crippen molar-refractivity contribution in [2.75, 3.05) is 6.61 Å². The van der Waals surface area contributed by atoms with Gasteiger partial charge in [0.05, 0.1) is 0 Å². The number of hydrogen-bond acceptors (Lipinski definition) is 6. The Balaban J connectivity index is 4.10. The first-order chi connectivity index (χ1) is 6.55. The Hall–Kier alpha value is -0.0300. The molecule has 0 aliphatic heterocycles. The van der Waals surface area contributed by atoms with Crippen molar-refractivity contribution in [2.24, 2.45) is 4.58 Å². The summed E-state index contributed by atoms with van der Waals surface area (Å²) in [4.78, 5) is 10.1. The largest absolute Gasteiger partial charge is 0.352 e. The molecule has 0 bridgehead atoms. The fourth-order valence-corrected chi connectivity index (χ4v) is 1.54. The average Bonchev–Trinajstić information content (AvgIpc) is 2.03. The predicted octanol–water partition coefficient (Wildman–Crippen LogP) is 3.16. The highest BCUT2D eigenvalue weighted by Crippen LogP contribution is 2.31. The molecule has 0 aliphatic carbocycles. The van der Waals surface area contributed by atoms with E-state index in [1.165, 1.54) is 0 Å². The molecule has 0 amide bonds. The second-order valence-corrected chi connectivity index (χ2v) is 4.99. The van der Waals surface area contributed by atoms with Crippen molar-refractivity contribution >= 4 is 20.6 Å². The molecule has 0 aromatic carbocycles. The molecule has 7 heteroatoms. The van der Waals surface area contributed by atoms with Crippen LogP contribution >= 0.6 is 20.6 Å². The van der Waals surface area contributed by atoms with Crippen LogP contribution < -0.4 is 0 Å². The highest BCUT2D eigenvalue weighted by atomic mass is 32.2. The van der Waals surface area contributed by atoms with Crippen LogP contribution in [-0.4, -0.2) is 17.6 Å². The van der Waals surface area contributed by atoms with Gasteiger partial charge in [0.1, 0.15) is 0 Å². The van der Waals surface area contributed by atoms with Crippen LogP contribution in [0.2, 0.25) is 0 Å². The summed E-state index contributed by atoms with van der Waals surface area (Å²) >= 11 is 0.918. The summed E-state index contributed by atoms with van der Waals surface area (Å²) in [5.41, 5.74) is 0. The first-order valence-corrected chi connectivity index (χ1v) is 5.67. The second-order valence-electron chi connectivity index (χ2n) is 3.19. The normalized spacial score (nSPS) is 14.2. The number of nitroso groups, excluding NO2 is 1. The van der Waals surface area contributed by atoms with Crippen molar-refractivity contribution in [3.8, 4) is 0 Å². The molecule has 14 heavy (non-hydrogen) atoms. The Bertz CT molecular complexity index is 191. The summed E-state index contributed by atoms with van der Waals surface area (Å²) in [7, 11) is -0.421. The van der Waals surface area contributed by atoms with E-state index in [9.17, 15) is 9.47 Å². The third kappa shape index (κ3) is 6.43. The van der Waals surface area contributed by atoms with Crippen molar-refractivity contribution in [1.29, 1.82) is 0 Å². The monoisotopic (exact) mass is 239 g/mol. The minimum atomic E-state index is -0.566. The van der Waals surface area contributed by atoms with Gasteiger partial charge in [0.15, 0.2) is 6.29 Å². The Morgan fingerprint density at radius 3 is 2.64 bits per heavy atom. The van der Waals surface area contributed by atoms with Crippen molar-refractivity contribution in [3.05, 3.63) is 4.91 Å². The number of nitrogens with zero attached hydrogens (tertiary/aromatic N) is 1. The minimum Gasteiger partial charge on any atom is -0.352 e. The maximum absolute atomic E-state index is 10.2. The van der Waals surface area contributed by atoms with E-state index >= 15 is 0 Å². The van der Waals surface area contributed by atoms with Gasteiger partial charge in [-0.25, -0.2) is 4.57 Å². The van der Waals surface area contributed by atoms with Gasteiger partial charge < -0.3 is 4.74 Å². The molecule has 0 saturated heterocycles. The van der Waals surface area contributed by atoms with E-state index in [1.807, 2.05) is 20.8 Å². The fraction of sp³-hybridized carbons (Fsp3) is 1.00. The highest BCUT2D eigenvalue weighted by molar-refractivity contribution is 7.99. The molecule has 1 atom stereocenters. The van der Waals surface area contributed by atoms with Crippen LogP contribution in [0.4, 0.5) is 0 Å². The molecule has 0 radical (unpaired) electrons. The molecule has 0 heterocycles. The zero-order valence-electron chi connectivity index (χ0n) is 8.43. The van der Waals surface area contributed by atoms with Gasteiger partial charge in [-0.1, -0.05) is 0 Å². The van der Waals surface area contributed by atoms with Gasteiger partial charge in [-0.05, 0) is 20.8 Å². The van der Waals surface area contributed by atoms with Crippen molar-refractivity contribution < 1.29 is 13.8 Å². The van der Waals surface area contributed by atoms with Crippen LogP contribution in [0.1, 0.15) is 27.2 Å². The minimum absolute atomic E-state index is 0.383. The summed E-state index contributed by atoms with van der Waals surface area (Å²) in [6, 6.07) is 0. The van der Waals surface area contributed by atoms with E-state index in [2.05, 4.69) is 4.58 Å². The summed E-state index contributed by atoms with van der Waals surface area (Å²) in [5, 5.41) is 0. The molecule has 82 valence electrons. The van der Waals surface area contributed by atoms with Crippen molar-refractivity contribution in [1.82, 2.24) is 0 Å². The molecule has 0 N–H and O–H groups in total. The third-order valence-corrected chi connectivity index (χ3v) is 2.51. The van der Waals surface area contributed by atoms with Crippen LogP contribution in [0.3, 0.4) is 0 Å². The van der Waals surface area contributed by atoms with E-state index in [4.69, 9.17) is 9.26 Å². The number of hydrogen-bond donors (Lipinski definition) is 0. The molecule has 5 nitrogen and oxygen atoms in total. The molecule has 0 fully saturated rings. The molecule has 0 aliphatic rings. The molecule has 1 unspecified atom stereocenters. The van der Waals surface area contributed by atoms with Gasteiger partial charge in [0.2, 0.25) is 0 Å². The number of ether oxygens (including phenoxy) is 1. The molecule has 0 rings (SSSR count). The van der Waals surface area contributed by atoms with Gasteiger partial charge in [0, 0.05) is 34.3 Å². The summed E-state index contributed by atoms with van der Waals surface area (Å²) in [5.74, 6) is 0. The van der Waals surface area contributed by atoms with Gasteiger partial charge in [-0.15, -0.1) is 4.91 Å². The predicted molar refractivity (Wildman–Crippen MR) is 56.2 cm³/mol. The lowest BCUT2D eigenvalue weighted by Crippen LogP contribution is -2.25. The molecule has 0 spiro atoms. The van der Waals surface area contributed by atoms with Crippen LogP contribution in [-0.2, 0) is 13.8 Å². The highest BCUT2D eigenvalue weighted by Gasteiger charge is 2.26. The smallest absolute Gasteiger partial charge is 0.329 e. The van der Waals surface area contributed by atoms with E-state index in [0.29, 0.717) is 13.0 Å². The van der Waals surface area contributed by atoms with Gasteiger partial charge >= 0.3 is 8.69 Å². The zero-order chi connectivity index (χ0) is 11.0. The quantitative estimate of drug-likeness (QED) is 0.282. The van der Waals surface area contributed by atoms with Gasteiger partial charge in [-0.2, -0.15) is 0 Å². The standard InChI is InChI=1S/C7H14NO4PS/c1-4-11-6(12-13-10)5-7(2,3)14-8-9/h6H,4-5H2,1-3H3. The Morgan fingerprint density at radius 1 is 1.57 bits per heavy atom. The lowest BCUT2D eigenvalue weighted by atomic mass is 10.1. The lowest BCUT2D eigenvalue weighted by Gasteiger charge is -2.23. The molecule has 0 aromatic rings. The van der Waals surface area contributed by atoms with E-state index in [0.717, 1.165) is 11.9 Å². The Kier molecular flexibility index (Phi) is 7.27. The Labute approximate surface area is 89.3 Å².